The average Bonchev–Trinajstić information content (AvgIpc) is 2.49. The van der Waals surface area contributed by atoms with Gasteiger partial charge in [-0.25, -0.2) is 0 Å². The molecule has 1 fully saturated rings. The number of hydrogen-bond donors (Lipinski definition) is 1. The molecule has 5 nitrogen and oxygen atoms in total. The van der Waals surface area contributed by atoms with E-state index in [1.54, 1.807) is 12.1 Å². The molecule has 1 N–H and O–H groups in total. The van der Waals surface area contributed by atoms with Crippen molar-refractivity contribution in [3.05, 3.63) is 29.8 Å². The van der Waals surface area contributed by atoms with Gasteiger partial charge in [0, 0.05) is 38.8 Å². The lowest BCUT2D eigenvalue weighted by atomic mass is 10.2. The minimum atomic E-state index is -4.67. The molecule has 0 aromatic heterocycles. The zero-order chi connectivity index (χ0) is 18.4. The SMILES string of the molecule is CC(C)NC(=O)CN1CCN(Cc2ccc(OC(F)(F)F)cc2)CC1. The minimum Gasteiger partial charge on any atom is -0.406 e. The zero-order valence-corrected chi connectivity index (χ0v) is 14.5. The Morgan fingerprint density at radius 3 is 2.20 bits per heavy atom. The third-order valence-electron chi connectivity index (χ3n) is 3.84. The van der Waals surface area contributed by atoms with Crippen LogP contribution < -0.4 is 10.1 Å². The summed E-state index contributed by atoms with van der Waals surface area (Å²) in [6.45, 7) is 8.14. The van der Waals surface area contributed by atoms with E-state index in [4.69, 9.17) is 0 Å². The Balaban J connectivity index is 1.75. The summed E-state index contributed by atoms with van der Waals surface area (Å²) in [7, 11) is 0. The normalized spacial score (nSPS) is 16.9. The first kappa shape index (κ1) is 19.5. The molecular weight excluding hydrogens is 335 g/mol. The molecule has 1 aromatic carbocycles. The van der Waals surface area contributed by atoms with Gasteiger partial charge in [-0.2, -0.15) is 0 Å². The van der Waals surface area contributed by atoms with Gasteiger partial charge in [0.05, 0.1) is 6.54 Å². The Morgan fingerprint density at radius 2 is 1.68 bits per heavy atom. The predicted octanol–water partition coefficient (Wildman–Crippen LogP) is 2.23. The number of halogens is 3. The molecule has 0 bridgehead atoms. The maximum absolute atomic E-state index is 12.1. The molecule has 0 spiro atoms. The van der Waals surface area contributed by atoms with Crippen molar-refractivity contribution in [2.45, 2.75) is 32.8 Å². The monoisotopic (exact) mass is 359 g/mol. The van der Waals surface area contributed by atoms with Gasteiger partial charge in [0.25, 0.3) is 0 Å². The lowest BCUT2D eigenvalue weighted by Gasteiger charge is -2.34. The van der Waals surface area contributed by atoms with E-state index in [-0.39, 0.29) is 17.7 Å². The lowest BCUT2D eigenvalue weighted by molar-refractivity contribution is -0.274. The van der Waals surface area contributed by atoms with Crippen LogP contribution in [0.25, 0.3) is 0 Å². The predicted molar refractivity (Wildman–Crippen MR) is 88.1 cm³/mol. The summed E-state index contributed by atoms with van der Waals surface area (Å²) in [6.07, 6.45) is -4.67. The van der Waals surface area contributed by atoms with Crippen LogP contribution in [-0.2, 0) is 11.3 Å². The molecule has 25 heavy (non-hydrogen) atoms. The van der Waals surface area contributed by atoms with Crippen LogP contribution in [0.1, 0.15) is 19.4 Å². The Morgan fingerprint density at radius 1 is 1.12 bits per heavy atom. The fraction of sp³-hybridized carbons (Fsp3) is 0.588. The van der Waals surface area contributed by atoms with Crippen molar-refractivity contribution in [1.82, 2.24) is 15.1 Å². The summed E-state index contributed by atoms with van der Waals surface area (Å²) in [5.74, 6) is -0.180. The van der Waals surface area contributed by atoms with Crippen LogP contribution in [0, 0.1) is 0 Å². The summed E-state index contributed by atoms with van der Waals surface area (Å²) >= 11 is 0. The van der Waals surface area contributed by atoms with Gasteiger partial charge in [0.1, 0.15) is 5.75 Å². The van der Waals surface area contributed by atoms with Gasteiger partial charge in [-0.15, -0.1) is 13.2 Å². The Hall–Kier alpha value is -1.80. The second-order valence-corrected chi connectivity index (χ2v) is 6.47. The third kappa shape index (κ3) is 7.31. The number of carbonyl (C=O) groups is 1. The van der Waals surface area contributed by atoms with Gasteiger partial charge >= 0.3 is 6.36 Å². The van der Waals surface area contributed by atoms with Gasteiger partial charge in [-0.1, -0.05) is 12.1 Å². The van der Waals surface area contributed by atoms with E-state index in [9.17, 15) is 18.0 Å². The number of rotatable bonds is 6. The number of piperazine rings is 1. The van der Waals surface area contributed by atoms with Crippen LogP contribution in [-0.4, -0.2) is 60.8 Å². The molecule has 8 heteroatoms. The first-order valence-electron chi connectivity index (χ1n) is 8.30. The Bertz CT molecular complexity index is 553. The highest BCUT2D eigenvalue weighted by atomic mass is 19.4. The second kappa shape index (κ2) is 8.53. The highest BCUT2D eigenvalue weighted by Crippen LogP contribution is 2.23. The second-order valence-electron chi connectivity index (χ2n) is 6.47. The van der Waals surface area contributed by atoms with Crippen LogP contribution in [0.5, 0.6) is 5.75 Å². The number of alkyl halides is 3. The molecule has 1 aliphatic rings. The molecule has 1 aromatic rings. The quantitative estimate of drug-likeness (QED) is 0.846. The average molecular weight is 359 g/mol. The van der Waals surface area contributed by atoms with E-state index in [0.717, 1.165) is 31.7 Å². The topological polar surface area (TPSA) is 44.8 Å². The molecule has 0 aliphatic carbocycles. The van der Waals surface area contributed by atoms with Crippen molar-refractivity contribution in [2.75, 3.05) is 32.7 Å². The number of nitrogens with one attached hydrogen (secondary N) is 1. The largest absolute Gasteiger partial charge is 0.573 e. The van der Waals surface area contributed by atoms with Gasteiger partial charge in [0.15, 0.2) is 0 Å². The van der Waals surface area contributed by atoms with Gasteiger partial charge < -0.3 is 10.1 Å². The number of hydrogen-bond acceptors (Lipinski definition) is 4. The van der Waals surface area contributed by atoms with Crippen LogP contribution >= 0.6 is 0 Å². The van der Waals surface area contributed by atoms with Gasteiger partial charge in [-0.05, 0) is 31.5 Å². The van der Waals surface area contributed by atoms with Gasteiger partial charge in [0.2, 0.25) is 5.91 Å². The maximum Gasteiger partial charge on any atom is 0.573 e. The molecule has 0 saturated carbocycles. The number of amides is 1. The van der Waals surface area contributed by atoms with Crippen molar-refractivity contribution in [2.24, 2.45) is 0 Å². The van der Waals surface area contributed by atoms with Crippen molar-refractivity contribution in [3.63, 3.8) is 0 Å². The Labute approximate surface area is 145 Å². The van der Waals surface area contributed by atoms with E-state index < -0.39 is 6.36 Å². The molecule has 0 atom stereocenters. The maximum atomic E-state index is 12.1. The molecule has 140 valence electrons. The summed E-state index contributed by atoms with van der Waals surface area (Å²) in [5, 5.41) is 2.88. The van der Waals surface area contributed by atoms with E-state index in [1.807, 2.05) is 13.8 Å². The van der Waals surface area contributed by atoms with E-state index in [0.29, 0.717) is 13.1 Å². The van der Waals surface area contributed by atoms with Gasteiger partial charge in [-0.3, -0.25) is 14.6 Å². The molecule has 0 radical (unpaired) electrons. The number of ether oxygens (including phenoxy) is 1. The lowest BCUT2D eigenvalue weighted by Crippen LogP contribution is -2.49. The smallest absolute Gasteiger partial charge is 0.406 e. The summed E-state index contributed by atoms with van der Waals surface area (Å²) < 4.78 is 40.3. The van der Waals surface area contributed by atoms with Crippen LogP contribution in [0.3, 0.4) is 0 Å². The molecule has 0 unspecified atom stereocenters. The van der Waals surface area contributed by atoms with E-state index in [1.165, 1.54) is 12.1 Å². The number of benzene rings is 1. The third-order valence-corrected chi connectivity index (χ3v) is 3.84. The zero-order valence-electron chi connectivity index (χ0n) is 14.5. The molecule has 1 amide bonds. The number of nitrogens with zero attached hydrogens (tertiary/aromatic N) is 2. The standard InChI is InChI=1S/C17H24F3N3O2/c1-13(2)21-16(24)12-23-9-7-22(8-10-23)11-14-3-5-15(6-4-14)25-17(18,19)20/h3-6,13H,7-12H2,1-2H3,(H,21,24). The van der Waals surface area contributed by atoms with Crippen LogP contribution in [0.2, 0.25) is 0 Å². The van der Waals surface area contributed by atoms with Crippen LogP contribution in [0.15, 0.2) is 24.3 Å². The number of carbonyl (C=O) groups excluding carboxylic acids is 1. The molecular formula is C17H24F3N3O2. The molecule has 1 aliphatic heterocycles. The summed E-state index contributed by atoms with van der Waals surface area (Å²) in [6, 6.07) is 6.08. The summed E-state index contributed by atoms with van der Waals surface area (Å²) in [4.78, 5) is 16.1. The molecule has 2 rings (SSSR count). The van der Waals surface area contributed by atoms with Crippen molar-refractivity contribution < 1.29 is 22.7 Å². The van der Waals surface area contributed by atoms with Crippen molar-refractivity contribution >= 4 is 5.91 Å². The van der Waals surface area contributed by atoms with E-state index in [2.05, 4.69) is 19.9 Å². The summed E-state index contributed by atoms with van der Waals surface area (Å²) in [5.41, 5.74) is 0.931. The minimum absolute atomic E-state index is 0.0312. The highest BCUT2D eigenvalue weighted by molar-refractivity contribution is 5.78. The highest BCUT2D eigenvalue weighted by Gasteiger charge is 2.31. The van der Waals surface area contributed by atoms with Crippen LogP contribution in [0.4, 0.5) is 13.2 Å². The Kier molecular flexibility index (Phi) is 6.66. The van der Waals surface area contributed by atoms with Crippen molar-refractivity contribution in [3.8, 4) is 5.75 Å². The van der Waals surface area contributed by atoms with E-state index >= 15 is 0 Å². The van der Waals surface area contributed by atoms with Crippen molar-refractivity contribution in [1.29, 1.82) is 0 Å². The molecule has 1 saturated heterocycles. The first-order valence-corrected chi connectivity index (χ1v) is 8.30. The fourth-order valence-corrected chi connectivity index (χ4v) is 2.73. The first-order chi connectivity index (χ1) is 11.7. The fourth-order valence-electron chi connectivity index (χ4n) is 2.73. The molecule has 1 heterocycles.